The maximum Gasteiger partial charge on any atom is 0.287 e. The second kappa shape index (κ2) is 15.2. The molecule has 2 aromatic rings. The van der Waals surface area contributed by atoms with Crippen LogP contribution in [-0.4, -0.2) is 82.5 Å². The molecule has 4 amide bonds. The second-order valence-electron chi connectivity index (χ2n) is 14.6. The van der Waals surface area contributed by atoms with Crippen LogP contribution in [0.15, 0.2) is 42.5 Å². The van der Waals surface area contributed by atoms with E-state index in [1.807, 2.05) is 36.4 Å². The summed E-state index contributed by atoms with van der Waals surface area (Å²) in [4.78, 5) is 72.1. The van der Waals surface area contributed by atoms with Crippen LogP contribution in [0.2, 0.25) is 0 Å². The van der Waals surface area contributed by atoms with Gasteiger partial charge in [-0.2, -0.15) is 0 Å². The lowest BCUT2D eigenvalue weighted by Crippen LogP contribution is -2.62. The number of hydrogen-bond donors (Lipinski definition) is 3. The van der Waals surface area contributed by atoms with Crippen LogP contribution in [0.1, 0.15) is 107 Å². The van der Waals surface area contributed by atoms with E-state index in [4.69, 9.17) is 5.73 Å². The average Bonchev–Trinajstić information content (AvgIpc) is 3.57. The fourth-order valence-electron chi connectivity index (χ4n) is 8.72. The fraction of sp³-hybridized carbons (Fsp3) is 0.605. The van der Waals surface area contributed by atoms with Crippen LogP contribution < -0.4 is 16.4 Å². The highest BCUT2D eigenvalue weighted by Crippen LogP contribution is 2.33. The van der Waals surface area contributed by atoms with Gasteiger partial charge in [-0.1, -0.05) is 88.1 Å². The van der Waals surface area contributed by atoms with Crippen LogP contribution in [0, 0.1) is 5.92 Å². The van der Waals surface area contributed by atoms with Crippen molar-refractivity contribution in [2.75, 3.05) is 19.6 Å². The molecule has 10 nitrogen and oxygen atoms in total. The van der Waals surface area contributed by atoms with E-state index >= 15 is 0 Å². The lowest BCUT2D eigenvalue weighted by Gasteiger charge is -2.38. The van der Waals surface area contributed by atoms with Gasteiger partial charge in [-0.25, -0.2) is 0 Å². The molecule has 2 heterocycles. The number of nitrogens with one attached hydrogen (secondary N) is 2. The third-order valence-electron chi connectivity index (χ3n) is 11.4. The van der Waals surface area contributed by atoms with Crippen molar-refractivity contribution in [3.63, 3.8) is 0 Å². The molecule has 4 N–H and O–H groups in total. The van der Waals surface area contributed by atoms with Crippen molar-refractivity contribution in [3.05, 3.63) is 48.0 Å². The van der Waals surface area contributed by atoms with Crippen LogP contribution in [0.5, 0.6) is 0 Å². The van der Waals surface area contributed by atoms with Gasteiger partial charge in [-0.3, -0.25) is 28.9 Å². The van der Waals surface area contributed by atoms with Crippen molar-refractivity contribution in [1.82, 2.24) is 20.4 Å². The summed E-state index contributed by atoms with van der Waals surface area (Å²) in [6.45, 7) is 2.20. The number of nitrogens with two attached hydrogens (primary N) is 1. The molecule has 0 bridgehead atoms. The number of ketones is 1. The SMILES string of the molecule is NC(=O)C(=O)C1(NC(=O)[C@@H]2C[C@@H](N3CCCCC3)CN2C(=O)C(CC2CCCCC2)NC(=O)c2ccc3ccccc3c2)CCCCC1. The summed E-state index contributed by atoms with van der Waals surface area (Å²) >= 11 is 0. The van der Waals surface area contributed by atoms with Gasteiger partial charge in [0.15, 0.2) is 0 Å². The number of fused-ring (bicyclic) bond motifs is 1. The normalized spacial score (nSPS) is 24.1. The molecule has 10 heteroatoms. The van der Waals surface area contributed by atoms with Gasteiger partial charge < -0.3 is 21.3 Å². The first kappa shape index (κ1) is 34.1. The lowest BCUT2D eigenvalue weighted by atomic mass is 9.78. The zero-order valence-electron chi connectivity index (χ0n) is 28.1. The van der Waals surface area contributed by atoms with Gasteiger partial charge in [0.1, 0.15) is 17.6 Å². The standard InChI is InChI=1S/C38H51N5O5/c39-34(45)33(44)38(18-8-2-9-19-38)41-36(47)32-24-30(42-20-10-3-11-21-42)25-43(32)37(48)31(22-26-12-4-1-5-13-26)40-35(46)29-17-16-27-14-6-7-15-28(27)23-29/h6-7,14-17,23,26,30-32H,1-5,8-13,18-22,24-25H2,(H2,39,45)(H,40,46)(H,41,47)/t30-,31?,32+/m1/s1. The highest BCUT2D eigenvalue weighted by molar-refractivity contribution is 6.39. The number of benzene rings is 2. The van der Waals surface area contributed by atoms with Crippen molar-refractivity contribution in [2.24, 2.45) is 11.7 Å². The second-order valence-corrected chi connectivity index (χ2v) is 14.6. The van der Waals surface area contributed by atoms with E-state index in [9.17, 15) is 24.0 Å². The Morgan fingerprint density at radius 1 is 0.833 bits per heavy atom. The molecule has 4 fully saturated rings. The van der Waals surface area contributed by atoms with E-state index in [1.54, 1.807) is 11.0 Å². The van der Waals surface area contributed by atoms with Gasteiger partial charge in [-0.05, 0) is 80.4 Å². The molecule has 0 aromatic heterocycles. The molecule has 0 spiro atoms. The largest absolute Gasteiger partial charge is 0.363 e. The van der Waals surface area contributed by atoms with E-state index < -0.39 is 35.2 Å². The number of rotatable bonds is 10. The molecule has 2 aromatic carbocycles. The Hall–Kier alpha value is -3.79. The van der Waals surface area contributed by atoms with Crippen molar-refractivity contribution in [1.29, 1.82) is 0 Å². The topological polar surface area (TPSA) is 142 Å². The summed E-state index contributed by atoms with van der Waals surface area (Å²) in [6.07, 6.45) is 12.7. The van der Waals surface area contributed by atoms with Crippen LogP contribution in [0.25, 0.3) is 10.8 Å². The lowest BCUT2D eigenvalue weighted by molar-refractivity contribution is -0.145. The van der Waals surface area contributed by atoms with E-state index in [2.05, 4.69) is 15.5 Å². The minimum Gasteiger partial charge on any atom is -0.363 e. The summed E-state index contributed by atoms with van der Waals surface area (Å²) < 4.78 is 0. The minimum absolute atomic E-state index is 0.00864. The smallest absolute Gasteiger partial charge is 0.287 e. The van der Waals surface area contributed by atoms with Crippen LogP contribution in [0.3, 0.4) is 0 Å². The number of nitrogens with zero attached hydrogens (tertiary/aromatic N) is 2. The molecule has 6 rings (SSSR count). The quantitative estimate of drug-likeness (QED) is 0.327. The number of Topliss-reactive ketones (excluding diaryl/α,β-unsaturated/α-hetero) is 1. The molecule has 0 radical (unpaired) electrons. The Morgan fingerprint density at radius 3 is 2.21 bits per heavy atom. The fourth-order valence-corrected chi connectivity index (χ4v) is 8.72. The number of piperidine rings is 1. The minimum atomic E-state index is -1.34. The number of amides is 4. The van der Waals surface area contributed by atoms with E-state index in [-0.39, 0.29) is 17.9 Å². The van der Waals surface area contributed by atoms with Gasteiger partial charge in [0.2, 0.25) is 17.6 Å². The van der Waals surface area contributed by atoms with Gasteiger partial charge in [-0.15, -0.1) is 0 Å². The van der Waals surface area contributed by atoms with E-state index in [0.717, 1.165) is 75.2 Å². The van der Waals surface area contributed by atoms with Gasteiger partial charge in [0.25, 0.3) is 11.8 Å². The Bertz CT molecular complexity index is 1510. The van der Waals surface area contributed by atoms with Gasteiger partial charge in [0, 0.05) is 18.2 Å². The van der Waals surface area contributed by atoms with Crippen LogP contribution in [-0.2, 0) is 19.2 Å². The highest BCUT2D eigenvalue weighted by Gasteiger charge is 2.49. The Labute approximate surface area is 283 Å². The molecule has 1 unspecified atom stereocenters. The molecule has 2 aliphatic carbocycles. The summed E-state index contributed by atoms with van der Waals surface area (Å²) in [7, 11) is 0. The summed E-state index contributed by atoms with van der Waals surface area (Å²) in [6, 6.07) is 11.8. The van der Waals surface area contributed by atoms with Crippen molar-refractivity contribution in [2.45, 2.75) is 120 Å². The van der Waals surface area contributed by atoms with Crippen molar-refractivity contribution in [3.8, 4) is 0 Å². The first-order chi connectivity index (χ1) is 23.2. The predicted molar refractivity (Wildman–Crippen MR) is 184 cm³/mol. The summed E-state index contributed by atoms with van der Waals surface area (Å²) in [5.41, 5.74) is 4.62. The number of carbonyl (C=O) groups is 5. The highest BCUT2D eigenvalue weighted by atomic mass is 16.2. The van der Waals surface area contributed by atoms with Crippen LogP contribution >= 0.6 is 0 Å². The van der Waals surface area contributed by atoms with Gasteiger partial charge >= 0.3 is 0 Å². The molecular weight excluding hydrogens is 606 g/mol. The molecule has 48 heavy (non-hydrogen) atoms. The van der Waals surface area contributed by atoms with E-state index in [0.29, 0.717) is 56.6 Å². The van der Waals surface area contributed by atoms with Crippen LogP contribution in [0.4, 0.5) is 0 Å². The molecule has 2 aliphatic heterocycles. The predicted octanol–water partition coefficient (Wildman–Crippen LogP) is 4.24. The average molecular weight is 658 g/mol. The first-order valence-electron chi connectivity index (χ1n) is 18.2. The number of hydrogen-bond acceptors (Lipinski definition) is 6. The summed E-state index contributed by atoms with van der Waals surface area (Å²) in [5.74, 6) is -2.50. The zero-order chi connectivity index (χ0) is 33.7. The first-order valence-corrected chi connectivity index (χ1v) is 18.2. The number of likely N-dealkylation sites (tertiary alicyclic amines) is 2. The molecule has 4 aliphatic rings. The molecular formula is C38H51N5O5. The van der Waals surface area contributed by atoms with E-state index in [1.165, 1.54) is 6.42 Å². The third-order valence-corrected chi connectivity index (χ3v) is 11.4. The van der Waals surface area contributed by atoms with Crippen molar-refractivity contribution < 1.29 is 24.0 Å². The Balaban J connectivity index is 1.28. The molecule has 2 saturated heterocycles. The van der Waals surface area contributed by atoms with Crippen molar-refractivity contribution >= 4 is 40.2 Å². The number of primary amides is 1. The monoisotopic (exact) mass is 657 g/mol. The Kier molecular flexibility index (Phi) is 10.8. The maximum atomic E-state index is 14.7. The van der Waals surface area contributed by atoms with Gasteiger partial charge in [0.05, 0.1) is 0 Å². The zero-order valence-corrected chi connectivity index (χ0v) is 28.1. The number of carbonyl (C=O) groups excluding carboxylic acids is 5. The Morgan fingerprint density at radius 2 is 1.50 bits per heavy atom. The molecule has 2 saturated carbocycles. The third kappa shape index (κ3) is 7.59. The molecule has 3 atom stereocenters. The maximum absolute atomic E-state index is 14.7. The summed E-state index contributed by atoms with van der Waals surface area (Å²) in [5, 5.41) is 8.06. The molecule has 258 valence electrons.